The lowest BCUT2D eigenvalue weighted by molar-refractivity contribution is -0.132. The van der Waals surface area contributed by atoms with Gasteiger partial charge >= 0.3 is 0 Å². The fourth-order valence-electron chi connectivity index (χ4n) is 2.42. The molecule has 0 radical (unpaired) electrons. The molecule has 3 rings (SSSR count). The van der Waals surface area contributed by atoms with Crippen molar-refractivity contribution in [2.75, 3.05) is 0 Å². The van der Waals surface area contributed by atoms with Gasteiger partial charge in [-0.25, -0.2) is 0 Å². The summed E-state index contributed by atoms with van der Waals surface area (Å²) in [6, 6.07) is 14.3. The van der Waals surface area contributed by atoms with Crippen LogP contribution >= 0.6 is 0 Å². The molecule has 1 aliphatic heterocycles. The molecular weight excluding hydrogens is 224 g/mol. The van der Waals surface area contributed by atoms with E-state index in [1.54, 1.807) is 0 Å². The molecule has 1 aromatic carbocycles. The highest BCUT2D eigenvalue weighted by molar-refractivity contribution is 5.76. The Morgan fingerprint density at radius 1 is 1.06 bits per heavy atom. The number of amides is 1. The van der Waals surface area contributed by atoms with Crippen molar-refractivity contribution in [1.29, 1.82) is 0 Å². The third-order valence-electron chi connectivity index (χ3n) is 3.41. The normalized spacial score (nSPS) is 15.3. The largest absolute Gasteiger partial charge is 0.349 e. The summed E-state index contributed by atoms with van der Waals surface area (Å²) >= 11 is 0. The number of aromatic nitrogens is 1. The number of hydrogen-bond donors (Lipinski definition) is 0. The SMILES string of the molecule is O=C1CCn2cccc2CN1Cc1ccccc1. The monoisotopic (exact) mass is 240 g/mol. The van der Waals surface area contributed by atoms with Crippen LogP contribution in [0.25, 0.3) is 0 Å². The van der Waals surface area contributed by atoms with E-state index >= 15 is 0 Å². The maximum atomic E-state index is 12.1. The molecule has 0 saturated heterocycles. The number of benzene rings is 1. The lowest BCUT2D eigenvalue weighted by Crippen LogP contribution is -2.28. The van der Waals surface area contributed by atoms with Gasteiger partial charge in [0, 0.05) is 31.4 Å². The molecule has 0 unspecified atom stereocenters. The standard InChI is InChI=1S/C15H16N2O/c18-15-8-10-16-9-4-7-14(16)12-17(15)11-13-5-2-1-3-6-13/h1-7,9H,8,10-12H2. The first-order chi connectivity index (χ1) is 8.83. The smallest absolute Gasteiger partial charge is 0.225 e. The van der Waals surface area contributed by atoms with Gasteiger partial charge in [-0.3, -0.25) is 4.79 Å². The molecule has 1 aliphatic rings. The van der Waals surface area contributed by atoms with Gasteiger partial charge < -0.3 is 9.47 Å². The number of carbonyl (C=O) groups is 1. The van der Waals surface area contributed by atoms with Gasteiger partial charge in [-0.2, -0.15) is 0 Å². The molecule has 0 atom stereocenters. The first kappa shape index (κ1) is 11.1. The summed E-state index contributed by atoms with van der Waals surface area (Å²) < 4.78 is 2.17. The highest BCUT2D eigenvalue weighted by Crippen LogP contribution is 2.16. The molecule has 92 valence electrons. The molecule has 3 heteroatoms. The van der Waals surface area contributed by atoms with Gasteiger partial charge in [-0.15, -0.1) is 0 Å². The van der Waals surface area contributed by atoms with Crippen molar-refractivity contribution in [2.45, 2.75) is 26.1 Å². The van der Waals surface area contributed by atoms with Crippen LogP contribution in [-0.2, 0) is 24.4 Å². The minimum absolute atomic E-state index is 0.238. The van der Waals surface area contributed by atoms with Crippen molar-refractivity contribution >= 4 is 5.91 Å². The van der Waals surface area contributed by atoms with Crippen molar-refractivity contribution < 1.29 is 4.79 Å². The molecule has 0 N–H and O–H groups in total. The Morgan fingerprint density at radius 2 is 1.89 bits per heavy atom. The fraction of sp³-hybridized carbons (Fsp3) is 0.267. The Hall–Kier alpha value is -2.03. The fourth-order valence-corrected chi connectivity index (χ4v) is 2.42. The van der Waals surface area contributed by atoms with Crippen LogP contribution in [0.2, 0.25) is 0 Å². The summed E-state index contributed by atoms with van der Waals surface area (Å²) in [6.07, 6.45) is 2.64. The summed E-state index contributed by atoms with van der Waals surface area (Å²) in [5.74, 6) is 0.238. The van der Waals surface area contributed by atoms with Crippen LogP contribution in [0.15, 0.2) is 48.7 Å². The Kier molecular flexibility index (Phi) is 2.89. The highest BCUT2D eigenvalue weighted by atomic mass is 16.2. The van der Waals surface area contributed by atoms with Gasteiger partial charge in [0.2, 0.25) is 5.91 Å². The van der Waals surface area contributed by atoms with E-state index in [0.29, 0.717) is 19.5 Å². The molecule has 2 aromatic rings. The molecule has 0 saturated carbocycles. The molecular formula is C15H16N2O. The van der Waals surface area contributed by atoms with E-state index in [-0.39, 0.29) is 5.91 Å². The van der Waals surface area contributed by atoms with E-state index in [0.717, 1.165) is 6.54 Å². The number of aryl methyl sites for hydroxylation is 1. The average Bonchev–Trinajstić information content (AvgIpc) is 2.78. The molecule has 0 aliphatic carbocycles. The van der Waals surface area contributed by atoms with E-state index in [1.165, 1.54) is 11.3 Å². The van der Waals surface area contributed by atoms with Crippen LogP contribution < -0.4 is 0 Å². The minimum Gasteiger partial charge on any atom is -0.349 e. The number of carbonyl (C=O) groups excluding carboxylic acids is 1. The Labute approximate surface area is 107 Å². The quantitative estimate of drug-likeness (QED) is 0.791. The zero-order valence-electron chi connectivity index (χ0n) is 10.2. The Bertz CT molecular complexity index is 545. The van der Waals surface area contributed by atoms with Crippen LogP contribution in [0.3, 0.4) is 0 Å². The van der Waals surface area contributed by atoms with Crippen molar-refractivity contribution in [3.05, 3.63) is 59.9 Å². The van der Waals surface area contributed by atoms with E-state index < -0.39 is 0 Å². The maximum absolute atomic E-state index is 12.1. The Balaban J connectivity index is 1.81. The van der Waals surface area contributed by atoms with Crippen LogP contribution in [0.5, 0.6) is 0 Å². The van der Waals surface area contributed by atoms with Crippen LogP contribution in [0.1, 0.15) is 17.7 Å². The third kappa shape index (κ3) is 2.16. The summed E-state index contributed by atoms with van der Waals surface area (Å²) in [6.45, 7) is 2.21. The predicted molar refractivity (Wildman–Crippen MR) is 69.7 cm³/mol. The molecule has 0 spiro atoms. The lowest BCUT2D eigenvalue weighted by atomic mass is 10.2. The van der Waals surface area contributed by atoms with E-state index in [1.807, 2.05) is 29.2 Å². The van der Waals surface area contributed by atoms with Gasteiger partial charge in [-0.1, -0.05) is 30.3 Å². The van der Waals surface area contributed by atoms with Crippen LogP contribution in [-0.4, -0.2) is 15.4 Å². The number of nitrogens with zero attached hydrogens (tertiary/aromatic N) is 2. The van der Waals surface area contributed by atoms with Gasteiger partial charge in [0.25, 0.3) is 0 Å². The molecule has 18 heavy (non-hydrogen) atoms. The number of fused-ring (bicyclic) bond motifs is 1. The second-order valence-corrected chi connectivity index (χ2v) is 4.68. The average molecular weight is 240 g/mol. The maximum Gasteiger partial charge on any atom is 0.225 e. The van der Waals surface area contributed by atoms with Gasteiger partial charge in [-0.05, 0) is 17.7 Å². The minimum atomic E-state index is 0.238. The summed E-state index contributed by atoms with van der Waals surface area (Å²) in [5, 5.41) is 0. The van der Waals surface area contributed by atoms with Gasteiger partial charge in [0.15, 0.2) is 0 Å². The zero-order chi connectivity index (χ0) is 12.4. The molecule has 0 bridgehead atoms. The van der Waals surface area contributed by atoms with Gasteiger partial charge in [0.1, 0.15) is 0 Å². The zero-order valence-corrected chi connectivity index (χ0v) is 10.2. The van der Waals surface area contributed by atoms with E-state index in [9.17, 15) is 4.79 Å². The lowest BCUT2D eigenvalue weighted by Gasteiger charge is -2.20. The predicted octanol–water partition coefficient (Wildman–Crippen LogP) is 2.42. The van der Waals surface area contributed by atoms with Crippen molar-refractivity contribution in [2.24, 2.45) is 0 Å². The first-order valence-electron chi connectivity index (χ1n) is 6.28. The summed E-state index contributed by atoms with van der Waals surface area (Å²) in [4.78, 5) is 14.0. The molecule has 1 aromatic heterocycles. The van der Waals surface area contributed by atoms with Crippen molar-refractivity contribution in [3.63, 3.8) is 0 Å². The number of hydrogen-bond acceptors (Lipinski definition) is 1. The van der Waals surface area contributed by atoms with Crippen LogP contribution in [0, 0.1) is 0 Å². The topological polar surface area (TPSA) is 25.2 Å². The Morgan fingerprint density at radius 3 is 2.72 bits per heavy atom. The van der Waals surface area contributed by atoms with Crippen molar-refractivity contribution in [3.8, 4) is 0 Å². The second kappa shape index (κ2) is 4.69. The molecule has 3 nitrogen and oxygen atoms in total. The number of rotatable bonds is 2. The second-order valence-electron chi connectivity index (χ2n) is 4.68. The van der Waals surface area contributed by atoms with E-state index in [4.69, 9.17) is 0 Å². The van der Waals surface area contributed by atoms with Crippen LogP contribution in [0.4, 0.5) is 0 Å². The molecule has 1 amide bonds. The van der Waals surface area contributed by atoms with E-state index in [2.05, 4.69) is 29.0 Å². The first-order valence-corrected chi connectivity index (χ1v) is 6.28. The molecule has 2 heterocycles. The van der Waals surface area contributed by atoms with Gasteiger partial charge in [0.05, 0.1) is 6.54 Å². The summed E-state index contributed by atoms with van der Waals surface area (Å²) in [5.41, 5.74) is 2.41. The summed E-state index contributed by atoms with van der Waals surface area (Å²) in [7, 11) is 0. The van der Waals surface area contributed by atoms with Crippen molar-refractivity contribution in [1.82, 2.24) is 9.47 Å². The highest BCUT2D eigenvalue weighted by Gasteiger charge is 2.19. The molecule has 0 fully saturated rings. The third-order valence-corrected chi connectivity index (χ3v) is 3.41.